The average molecular weight is 608 g/mol. The monoisotopic (exact) mass is 607 g/mol. The minimum atomic E-state index is 1.23. The number of hydrogen-bond donors (Lipinski definition) is 0. The van der Waals surface area contributed by atoms with Gasteiger partial charge in [0.05, 0.1) is 21.4 Å². The molecule has 3 heterocycles. The van der Waals surface area contributed by atoms with Gasteiger partial charge in [-0.05, 0) is 65.2 Å². The zero-order valence-electron chi connectivity index (χ0n) is 24.2. The fraction of sp³-hybridized carbons (Fsp3) is 0. The largest absolute Gasteiger partial charge is 0.308 e. The molecule has 0 fully saturated rings. The van der Waals surface area contributed by atoms with E-state index in [-0.39, 0.29) is 0 Å². The van der Waals surface area contributed by atoms with Gasteiger partial charge in [-0.2, -0.15) is 0 Å². The Kier molecular flexibility index (Phi) is 5.39. The smallest absolute Gasteiger partial charge is 0.0640 e. The molecule has 0 atom stereocenters. The van der Waals surface area contributed by atoms with Gasteiger partial charge in [0.25, 0.3) is 0 Å². The van der Waals surface area contributed by atoms with E-state index in [9.17, 15) is 0 Å². The third kappa shape index (κ3) is 3.72. The van der Waals surface area contributed by atoms with Gasteiger partial charge in [-0.25, -0.2) is 0 Å². The van der Waals surface area contributed by atoms with Crippen molar-refractivity contribution in [2.45, 2.75) is 0 Å². The van der Waals surface area contributed by atoms with Crippen molar-refractivity contribution in [1.29, 1.82) is 0 Å². The second-order valence-corrected chi connectivity index (χ2v) is 13.8. The molecule has 0 saturated carbocycles. The van der Waals surface area contributed by atoms with Crippen LogP contribution < -0.4 is 0 Å². The van der Waals surface area contributed by atoms with E-state index < -0.39 is 0 Å². The number of rotatable bonds is 3. The van der Waals surface area contributed by atoms with Crippen LogP contribution in [0.5, 0.6) is 0 Å². The lowest BCUT2D eigenvalue weighted by atomic mass is 9.95. The van der Waals surface area contributed by atoms with E-state index in [4.69, 9.17) is 0 Å². The van der Waals surface area contributed by atoms with Crippen molar-refractivity contribution in [2.24, 2.45) is 0 Å². The molecule has 0 radical (unpaired) electrons. The van der Waals surface area contributed by atoms with Crippen LogP contribution in [0.25, 0.3) is 90.1 Å². The second kappa shape index (κ2) is 9.64. The molecule has 1 nitrogen and oxygen atoms in total. The third-order valence-corrected chi connectivity index (χ3v) is 11.6. The van der Waals surface area contributed by atoms with Crippen molar-refractivity contribution in [2.75, 3.05) is 0 Å². The Labute approximate surface area is 267 Å². The maximum absolute atomic E-state index is 2.46. The van der Waals surface area contributed by atoms with E-state index in [1.807, 2.05) is 22.7 Å². The standard InChI is InChI=1S/C42H25NS2/c1-2-11-26(12-3-1)33-24-28(27-21-22-40-34(23-27)31-15-6-9-20-39(31)44-40)25-35-32-16-10-19-38(42(32)45-41(33)35)43-36-17-7-4-13-29(36)30-14-5-8-18-37(30)43/h1-25H. The summed E-state index contributed by atoms with van der Waals surface area (Å²) in [5, 5.41) is 7.85. The molecule has 0 amide bonds. The summed E-state index contributed by atoms with van der Waals surface area (Å²) < 4.78 is 7.77. The lowest BCUT2D eigenvalue weighted by Crippen LogP contribution is -1.93. The highest BCUT2D eigenvalue weighted by Gasteiger charge is 2.19. The number of thiophene rings is 2. The third-order valence-electron chi connectivity index (χ3n) is 9.19. The molecule has 0 spiro atoms. The Morgan fingerprint density at radius 1 is 0.356 bits per heavy atom. The van der Waals surface area contributed by atoms with Crippen molar-refractivity contribution in [3.05, 3.63) is 152 Å². The minimum absolute atomic E-state index is 1.23. The Morgan fingerprint density at radius 3 is 1.80 bits per heavy atom. The van der Waals surface area contributed by atoms with E-state index in [1.165, 1.54) is 90.1 Å². The highest BCUT2D eigenvalue weighted by atomic mass is 32.1. The van der Waals surface area contributed by atoms with Gasteiger partial charge in [-0.3, -0.25) is 0 Å². The van der Waals surface area contributed by atoms with Gasteiger partial charge in [0.15, 0.2) is 0 Å². The number of para-hydroxylation sites is 2. The van der Waals surface area contributed by atoms with Crippen LogP contribution in [0.2, 0.25) is 0 Å². The SMILES string of the molecule is c1ccc(-c2cc(-c3ccc4sc5ccccc5c4c3)cc3c2sc2c(-n4c5ccccc5c5ccccc54)cccc23)cc1. The molecule has 0 aliphatic carbocycles. The Bertz CT molecular complexity index is 2710. The molecule has 210 valence electrons. The molecule has 0 N–H and O–H groups in total. The summed E-state index contributed by atoms with van der Waals surface area (Å²) in [6.45, 7) is 0. The minimum Gasteiger partial charge on any atom is -0.308 e. The molecule has 0 aliphatic rings. The second-order valence-electron chi connectivity index (χ2n) is 11.7. The molecule has 0 aliphatic heterocycles. The summed E-state index contributed by atoms with van der Waals surface area (Å²) in [7, 11) is 0. The van der Waals surface area contributed by atoms with Crippen LogP contribution in [-0.2, 0) is 0 Å². The first-order chi connectivity index (χ1) is 22.3. The molecule has 0 unspecified atom stereocenters. The van der Waals surface area contributed by atoms with Crippen molar-refractivity contribution in [3.63, 3.8) is 0 Å². The molecule has 3 aromatic heterocycles. The highest BCUT2D eigenvalue weighted by molar-refractivity contribution is 7.27. The summed E-state index contributed by atoms with van der Waals surface area (Å²) in [6, 6.07) is 55.8. The number of fused-ring (bicyclic) bond motifs is 9. The Balaban J connectivity index is 1.28. The van der Waals surface area contributed by atoms with Gasteiger partial charge < -0.3 is 4.57 Å². The molecular formula is C42H25NS2. The van der Waals surface area contributed by atoms with Gasteiger partial charge in [0, 0.05) is 52.0 Å². The number of nitrogens with zero attached hydrogens (tertiary/aromatic N) is 1. The van der Waals surface area contributed by atoms with Crippen LogP contribution in [0.1, 0.15) is 0 Å². The molecule has 0 bridgehead atoms. The van der Waals surface area contributed by atoms with Crippen LogP contribution in [0.4, 0.5) is 0 Å². The topological polar surface area (TPSA) is 4.93 Å². The number of aromatic nitrogens is 1. The van der Waals surface area contributed by atoms with Crippen LogP contribution in [0, 0.1) is 0 Å². The number of hydrogen-bond acceptors (Lipinski definition) is 2. The van der Waals surface area contributed by atoms with Crippen molar-refractivity contribution in [3.8, 4) is 27.9 Å². The molecule has 10 aromatic rings. The maximum atomic E-state index is 2.46. The first-order valence-corrected chi connectivity index (χ1v) is 16.9. The number of benzene rings is 7. The Hall–Kier alpha value is -5.22. The van der Waals surface area contributed by atoms with E-state index in [0.29, 0.717) is 0 Å². The van der Waals surface area contributed by atoms with Crippen molar-refractivity contribution in [1.82, 2.24) is 4.57 Å². The van der Waals surface area contributed by atoms with E-state index in [2.05, 4.69) is 156 Å². The van der Waals surface area contributed by atoms with Crippen LogP contribution >= 0.6 is 22.7 Å². The normalized spacial score (nSPS) is 12.0. The lowest BCUT2D eigenvalue weighted by molar-refractivity contribution is 1.20. The molecule has 7 aromatic carbocycles. The van der Waals surface area contributed by atoms with E-state index in [0.717, 1.165) is 0 Å². The average Bonchev–Trinajstić information content (AvgIpc) is 3.77. The zero-order valence-corrected chi connectivity index (χ0v) is 25.8. The molecule has 45 heavy (non-hydrogen) atoms. The summed E-state index contributed by atoms with van der Waals surface area (Å²) in [4.78, 5) is 0. The van der Waals surface area contributed by atoms with E-state index in [1.54, 1.807) is 0 Å². The van der Waals surface area contributed by atoms with Crippen molar-refractivity contribution < 1.29 is 0 Å². The van der Waals surface area contributed by atoms with Crippen molar-refractivity contribution >= 4 is 84.8 Å². The molecule has 0 saturated heterocycles. The maximum Gasteiger partial charge on any atom is 0.0640 e. The fourth-order valence-electron chi connectivity index (χ4n) is 7.15. The van der Waals surface area contributed by atoms with Crippen LogP contribution in [0.3, 0.4) is 0 Å². The summed E-state index contributed by atoms with van der Waals surface area (Å²) >= 11 is 3.79. The van der Waals surface area contributed by atoms with Crippen LogP contribution in [-0.4, -0.2) is 4.57 Å². The highest BCUT2D eigenvalue weighted by Crippen LogP contribution is 2.46. The fourth-order valence-corrected chi connectivity index (χ4v) is 9.56. The lowest BCUT2D eigenvalue weighted by Gasteiger charge is -2.10. The van der Waals surface area contributed by atoms with E-state index >= 15 is 0 Å². The van der Waals surface area contributed by atoms with Gasteiger partial charge in [0.1, 0.15) is 0 Å². The summed E-state index contributed by atoms with van der Waals surface area (Å²) in [5.74, 6) is 0. The first-order valence-electron chi connectivity index (χ1n) is 15.3. The predicted molar refractivity (Wildman–Crippen MR) is 197 cm³/mol. The molecular weight excluding hydrogens is 583 g/mol. The predicted octanol–water partition coefficient (Wildman–Crippen LogP) is 12.9. The van der Waals surface area contributed by atoms with Gasteiger partial charge in [-0.15, -0.1) is 22.7 Å². The first kappa shape index (κ1) is 25.1. The van der Waals surface area contributed by atoms with Crippen LogP contribution in [0.15, 0.2) is 152 Å². The Morgan fingerprint density at radius 2 is 1.00 bits per heavy atom. The van der Waals surface area contributed by atoms with Gasteiger partial charge in [-0.1, -0.05) is 103 Å². The molecule has 3 heteroatoms. The summed E-state index contributed by atoms with van der Waals surface area (Å²) in [5.41, 5.74) is 8.75. The zero-order chi connectivity index (χ0) is 29.5. The van der Waals surface area contributed by atoms with Gasteiger partial charge in [0.2, 0.25) is 0 Å². The van der Waals surface area contributed by atoms with Gasteiger partial charge >= 0.3 is 0 Å². The molecule has 10 rings (SSSR count). The summed E-state index contributed by atoms with van der Waals surface area (Å²) in [6.07, 6.45) is 0. The quantitative estimate of drug-likeness (QED) is 0.188.